The van der Waals surface area contributed by atoms with Crippen molar-refractivity contribution in [2.24, 2.45) is 0 Å². The van der Waals surface area contributed by atoms with Gasteiger partial charge < -0.3 is 5.32 Å². The third kappa shape index (κ3) is 3.66. The molecule has 8 heteroatoms. The van der Waals surface area contributed by atoms with Crippen molar-refractivity contribution in [1.29, 1.82) is 0 Å². The van der Waals surface area contributed by atoms with E-state index in [0.29, 0.717) is 12.4 Å². The van der Waals surface area contributed by atoms with Crippen LogP contribution >= 0.6 is 0 Å². The Morgan fingerprint density at radius 1 is 1.38 bits per heavy atom. The van der Waals surface area contributed by atoms with E-state index < -0.39 is 16.1 Å². The molecule has 114 valence electrons. The molecule has 0 bridgehead atoms. The van der Waals surface area contributed by atoms with Crippen LogP contribution in [-0.4, -0.2) is 30.6 Å². The quantitative estimate of drug-likeness (QED) is 0.735. The van der Waals surface area contributed by atoms with Crippen molar-refractivity contribution in [3.8, 4) is 0 Å². The molecule has 21 heavy (non-hydrogen) atoms. The van der Waals surface area contributed by atoms with Gasteiger partial charge in [-0.2, -0.15) is 5.10 Å². The number of aromatic nitrogens is 3. The monoisotopic (exact) mass is 309 g/mol. The summed E-state index contributed by atoms with van der Waals surface area (Å²) in [5.41, 5.74) is 2.00. The molecule has 1 unspecified atom stereocenters. The lowest BCUT2D eigenvalue weighted by Crippen LogP contribution is -2.27. The Balaban J connectivity index is 2.25. The maximum atomic E-state index is 12.4. The summed E-state index contributed by atoms with van der Waals surface area (Å²) in [4.78, 5) is 4.19. The van der Waals surface area contributed by atoms with Crippen LogP contribution in [0.15, 0.2) is 29.4 Å². The van der Waals surface area contributed by atoms with Crippen LogP contribution in [0.25, 0.3) is 0 Å². The van der Waals surface area contributed by atoms with Crippen LogP contribution in [0.4, 0.5) is 0 Å². The second kappa shape index (κ2) is 6.33. The van der Waals surface area contributed by atoms with Crippen LogP contribution in [0.5, 0.6) is 0 Å². The van der Waals surface area contributed by atoms with Gasteiger partial charge >= 0.3 is 0 Å². The number of nitrogens with one attached hydrogen (secondary N) is 3. The van der Waals surface area contributed by atoms with Crippen LogP contribution in [-0.2, 0) is 16.6 Å². The predicted molar refractivity (Wildman–Crippen MR) is 79.1 cm³/mol. The van der Waals surface area contributed by atoms with E-state index in [1.54, 1.807) is 25.1 Å². The van der Waals surface area contributed by atoms with Gasteiger partial charge in [-0.05, 0) is 44.2 Å². The van der Waals surface area contributed by atoms with Crippen molar-refractivity contribution in [1.82, 2.24) is 25.2 Å². The average Bonchev–Trinajstić information content (AvgIpc) is 2.95. The molecule has 0 aliphatic heterocycles. The number of nitrogens with zero attached hydrogens (tertiary/aromatic N) is 2. The Labute approximate surface area is 124 Å². The number of sulfonamides is 1. The summed E-state index contributed by atoms with van der Waals surface area (Å²) in [5.74, 6) is 0.473. The molecule has 0 saturated heterocycles. The molecule has 0 saturated carbocycles. The van der Waals surface area contributed by atoms with E-state index in [0.717, 1.165) is 11.1 Å². The first-order valence-electron chi connectivity index (χ1n) is 6.56. The topological polar surface area (TPSA) is 99.8 Å². The fraction of sp³-hybridized carbons (Fsp3) is 0.385. The van der Waals surface area contributed by atoms with Gasteiger partial charge in [-0.25, -0.2) is 18.1 Å². The van der Waals surface area contributed by atoms with Crippen LogP contribution < -0.4 is 10.0 Å². The molecule has 1 aromatic carbocycles. The van der Waals surface area contributed by atoms with Crippen LogP contribution in [0.2, 0.25) is 0 Å². The number of aryl methyl sites for hydroxylation is 1. The highest BCUT2D eigenvalue weighted by Gasteiger charge is 2.20. The Hall–Kier alpha value is -1.77. The molecule has 1 atom stereocenters. The standard InChI is InChI=1S/C13H19N5O2S/c1-9-4-5-12(6-11(9)7-14-3)21(19,20)18-10(2)13-15-8-16-17-13/h4-6,8,10,14,18H,7H2,1-3H3,(H,15,16,17). The molecule has 0 radical (unpaired) electrons. The van der Waals surface area contributed by atoms with E-state index in [2.05, 4.69) is 25.2 Å². The molecule has 7 nitrogen and oxygen atoms in total. The first kappa shape index (κ1) is 15.6. The number of hydrogen-bond donors (Lipinski definition) is 3. The van der Waals surface area contributed by atoms with E-state index in [1.165, 1.54) is 6.33 Å². The molecule has 0 aliphatic carbocycles. The minimum atomic E-state index is -3.61. The van der Waals surface area contributed by atoms with Gasteiger partial charge in [-0.15, -0.1) is 0 Å². The van der Waals surface area contributed by atoms with E-state index in [9.17, 15) is 8.42 Å². The molecule has 1 aromatic heterocycles. The van der Waals surface area contributed by atoms with Crippen molar-refractivity contribution >= 4 is 10.0 Å². The largest absolute Gasteiger partial charge is 0.316 e. The van der Waals surface area contributed by atoms with E-state index in [1.807, 2.05) is 14.0 Å². The zero-order valence-corrected chi connectivity index (χ0v) is 13.0. The Morgan fingerprint density at radius 3 is 2.76 bits per heavy atom. The summed E-state index contributed by atoms with van der Waals surface area (Å²) in [6.45, 7) is 4.28. The Bertz CT molecular complexity index is 697. The van der Waals surface area contributed by atoms with E-state index in [-0.39, 0.29) is 4.90 Å². The van der Waals surface area contributed by atoms with Gasteiger partial charge in [-0.3, -0.25) is 5.10 Å². The smallest absolute Gasteiger partial charge is 0.241 e. The van der Waals surface area contributed by atoms with Gasteiger partial charge in [0.15, 0.2) is 0 Å². The maximum Gasteiger partial charge on any atom is 0.241 e. The number of aromatic amines is 1. The first-order valence-corrected chi connectivity index (χ1v) is 8.04. The Morgan fingerprint density at radius 2 is 2.14 bits per heavy atom. The molecular weight excluding hydrogens is 290 g/mol. The van der Waals surface area contributed by atoms with E-state index >= 15 is 0 Å². The zero-order chi connectivity index (χ0) is 15.5. The summed E-state index contributed by atoms with van der Waals surface area (Å²) < 4.78 is 27.4. The second-order valence-corrected chi connectivity index (χ2v) is 6.55. The molecule has 3 N–H and O–H groups in total. The number of hydrogen-bond acceptors (Lipinski definition) is 5. The highest BCUT2D eigenvalue weighted by atomic mass is 32.2. The van der Waals surface area contributed by atoms with Crippen molar-refractivity contribution in [3.05, 3.63) is 41.5 Å². The zero-order valence-electron chi connectivity index (χ0n) is 12.2. The molecule has 2 rings (SSSR count). The highest BCUT2D eigenvalue weighted by molar-refractivity contribution is 7.89. The summed E-state index contributed by atoms with van der Waals surface area (Å²) >= 11 is 0. The van der Waals surface area contributed by atoms with Crippen molar-refractivity contribution in [2.75, 3.05) is 7.05 Å². The molecule has 0 spiro atoms. The molecule has 0 aliphatic rings. The lowest BCUT2D eigenvalue weighted by Gasteiger charge is -2.13. The fourth-order valence-corrected chi connectivity index (χ4v) is 3.23. The second-order valence-electron chi connectivity index (χ2n) is 4.83. The third-order valence-corrected chi connectivity index (χ3v) is 4.71. The molecule has 0 amide bonds. The molecule has 0 fully saturated rings. The van der Waals surface area contributed by atoms with Gasteiger partial charge in [-0.1, -0.05) is 6.07 Å². The number of H-pyrrole nitrogens is 1. The normalized spacial score (nSPS) is 13.3. The number of benzene rings is 1. The minimum Gasteiger partial charge on any atom is -0.316 e. The summed E-state index contributed by atoms with van der Waals surface area (Å²) in [6.07, 6.45) is 1.34. The third-order valence-electron chi connectivity index (χ3n) is 3.17. The SMILES string of the molecule is CNCc1cc(S(=O)(=O)NC(C)c2ncn[nH]2)ccc1C. The van der Waals surface area contributed by atoms with Gasteiger partial charge in [0.05, 0.1) is 10.9 Å². The van der Waals surface area contributed by atoms with Crippen LogP contribution in [0.1, 0.15) is 29.9 Å². The lowest BCUT2D eigenvalue weighted by atomic mass is 10.1. The van der Waals surface area contributed by atoms with Crippen LogP contribution in [0.3, 0.4) is 0 Å². The fourth-order valence-electron chi connectivity index (χ4n) is 1.98. The van der Waals surface area contributed by atoms with E-state index in [4.69, 9.17) is 0 Å². The average molecular weight is 309 g/mol. The van der Waals surface area contributed by atoms with Gasteiger partial charge in [0.25, 0.3) is 0 Å². The molecule has 1 heterocycles. The maximum absolute atomic E-state index is 12.4. The molecule has 2 aromatic rings. The lowest BCUT2D eigenvalue weighted by molar-refractivity contribution is 0.560. The van der Waals surface area contributed by atoms with Crippen LogP contribution in [0, 0.1) is 6.92 Å². The first-order chi connectivity index (χ1) is 9.94. The van der Waals surface area contributed by atoms with Gasteiger partial charge in [0, 0.05) is 6.54 Å². The highest BCUT2D eigenvalue weighted by Crippen LogP contribution is 2.18. The minimum absolute atomic E-state index is 0.240. The molecular formula is C13H19N5O2S. The van der Waals surface area contributed by atoms with Crippen molar-refractivity contribution in [2.45, 2.75) is 31.3 Å². The summed E-state index contributed by atoms with van der Waals surface area (Å²) in [7, 11) is -1.78. The van der Waals surface area contributed by atoms with Crippen molar-refractivity contribution < 1.29 is 8.42 Å². The van der Waals surface area contributed by atoms with Crippen molar-refractivity contribution in [3.63, 3.8) is 0 Å². The Kier molecular flexibility index (Phi) is 4.71. The summed E-state index contributed by atoms with van der Waals surface area (Å²) in [5, 5.41) is 9.40. The van der Waals surface area contributed by atoms with Gasteiger partial charge in [0.1, 0.15) is 12.2 Å². The van der Waals surface area contributed by atoms with Gasteiger partial charge in [0.2, 0.25) is 10.0 Å². The summed E-state index contributed by atoms with van der Waals surface area (Å²) in [6, 6.07) is 4.61. The number of rotatable bonds is 6. The predicted octanol–water partition coefficient (Wildman–Crippen LogP) is 0.872.